The molecule has 3 nitrogen and oxygen atoms in total. The van der Waals surface area contributed by atoms with Gasteiger partial charge < -0.3 is 5.73 Å². The first-order valence-corrected chi connectivity index (χ1v) is 6.02. The van der Waals surface area contributed by atoms with Gasteiger partial charge in [-0.05, 0) is 30.0 Å². The summed E-state index contributed by atoms with van der Waals surface area (Å²) in [4.78, 5) is 0. The van der Waals surface area contributed by atoms with E-state index in [2.05, 4.69) is 36.3 Å². The predicted octanol–water partition coefficient (Wildman–Crippen LogP) is 2.22. The topological polar surface area (TPSA) is 43.8 Å². The summed E-state index contributed by atoms with van der Waals surface area (Å²) in [7, 11) is 1.91. The van der Waals surface area contributed by atoms with Crippen LogP contribution in [0.5, 0.6) is 0 Å². The first kappa shape index (κ1) is 11.9. The summed E-state index contributed by atoms with van der Waals surface area (Å²) in [5, 5.41) is 4.33. The molecule has 2 N–H and O–H groups in total. The van der Waals surface area contributed by atoms with Crippen molar-refractivity contribution in [3.05, 3.63) is 53.3 Å². The van der Waals surface area contributed by atoms with Crippen molar-refractivity contribution in [3.8, 4) is 0 Å². The Morgan fingerprint density at radius 3 is 2.35 bits per heavy atom. The molecule has 0 fully saturated rings. The summed E-state index contributed by atoms with van der Waals surface area (Å²) in [6, 6.07) is 10.6. The quantitative estimate of drug-likeness (QED) is 0.873. The fourth-order valence-electron chi connectivity index (χ4n) is 1.90. The van der Waals surface area contributed by atoms with Gasteiger partial charge in [0.1, 0.15) is 0 Å². The van der Waals surface area contributed by atoms with Crippen LogP contribution < -0.4 is 5.73 Å². The van der Waals surface area contributed by atoms with Gasteiger partial charge in [-0.15, -0.1) is 0 Å². The first-order chi connectivity index (χ1) is 8.19. The Bertz CT molecular complexity index is 470. The minimum Gasteiger partial charge on any atom is -0.322 e. The van der Waals surface area contributed by atoms with Crippen LogP contribution in [0.25, 0.3) is 0 Å². The lowest BCUT2D eigenvalue weighted by atomic mass is 10.0. The highest BCUT2D eigenvalue weighted by molar-refractivity contribution is 5.24. The predicted molar refractivity (Wildman–Crippen MR) is 69.7 cm³/mol. The normalized spacial score (nSPS) is 12.6. The van der Waals surface area contributed by atoms with Crippen molar-refractivity contribution in [2.24, 2.45) is 12.8 Å². The van der Waals surface area contributed by atoms with E-state index in [1.165, 1.54) is 11.1 Å². The minimum absolute atomic E-state index is 0.0244. The number of nitrogens with two attached hydrogens (primary N) is 1. The molecule has 0 saturated carbocycles. The van der Waals surface area contributed by atoms with Crippen molar-refractivity contribution >= 4 is 0 Å². The van der Waals surface area contributed by atoms with Gasteiger partial charge in [0.05, 0.1) is 11.7 Å². The Morgan fingerprint density at radius 2 is 1.82 bits per heavy atom. The van der Waals surface area contributed by atoms with Crippen molar-refractivity contribution in [1.29, 1.82) is 0 Å². The van der Waals surface area contributed by atoms with Crippen LogP contribution in [0.15, 0.2) is 36.5 Å². The van der Waals surface area contributed by atoms with Crippen molar-refractivity contribution in [1.82, 2.24) is 9.78 Å². The van der Waals surface area contributed by atoms with Crippen molar-refractivity contribution < 1.29 is 0 Å². The van der Waals surface area contributed by atoms with Crippen LogP contribution in [-0.4, -0.2) is 9.78 Å². The van der Waals surface area contributed by atoms with E-state index in [9.17, 15) is 0 Å². The molecule has 0 aliphatic rings. The molecular weight excluding hydrogens is 210 g/mol. The third kappa shape index (κ3) is 2.94. The standard InChI is InChI=1S/C14H19N3/c1-3-11-4-6-12(7-5-11)10-13(15)14-8-9-17(2)16-14/h4-9,13H,3,10,15H2,1-2H3. The largest absolute Gasteiger partial charge is 0.322 e. The van der Waals surface area contributed by atoms with E-state index < -0.39 is 0 Å². The minimum atomic E-state index is -0.0244. The molecule has 0 bridgehead atoms. The third-order valence-corrected chi connectivity index (χ3v) is 3.00. The second kappa shape index (κ2) is 5.15. The lowest BCUT2D eigenvalue weighted by Gasteiger charge is -2.09. The van der Waals surface area contributed by atoms with Crippen LogP contribution in [-0.2, 0) is 19.9 Å². The maximum Gasteiger partial charge on any atom is 0.0795 e. The van der Waals surface area contributed by atoms with Gasteiger partial charge in [0, 0.05) is 13.2 Å². The Morgan fingerprint density at radius 1 is 1.18 bits per heavy atom. The maximum absolute atomic E-state index is 6.14. The highest BCUT2D eigenvalue weighted by atomic mass is 15.3. The molecule has 17 heavy (non-hydrogen) atoms. The molecule has 1 aromatic carbocycles. The Labute approximate surface area is 102 Å². The average Bonchev–Trinajstić information content (AvgIpc) is 2.77. The summed E-state index contributed by atoms with van der Waals surface area (Å²) < 4.78 is 1.79. The van der Waals surface area contributed by atoms with Gasteiger partial charge in [0.2, 0.25) is 0 Å². The third-order valence-electron chi connectivity index (χ3n) is 3.00. The zero-order valence-electron chi connectivity index (χ0n) is 10.4. The molecule has 0 saturated heterocycles. The summed E-state index contributed by atoms with van der Waals surface area (Å²) in [6.45, 7) is 2.16. The molecule has 0 spiro atoms. The van der Waals surface area contributed by atoms with Crippen LogP contribution in [0.2, 0.25) is 0 Å². The van der Waals surface area contributed by atoms with Crippen molar-refractivity contribution in [2.45, 2.75) is 25.8 Å². The zero-order chi connectivity index (χ0) is 12.3. The number of hydrogen-bond acceptors (Lipinski definition) is 2. The monoisotopic (exact) mass is 229 g/mol. The molecule has 1 aromatic heterocycles. The number of hydrogen-bond donors (Lipinski definition) is 1. The van der Waals surface area contributed by atoms with Crippen molar-refractivity contribution in [2.75, 3.05) is 0 Å². The molecule has 1 atom stereocenters. The Hall–Kier alpha value is -1.61. The molecule has 90 valence electrons. The van der Waals surface area contributed by atoms with E-state index in [0.29, 0.717) is 0 Å². The van der Waals surface area contributed by atoms with E-state index in [0.717, 1.165) is 18.5 Å². The van der Waals surface area contributed by atoms with Gasteiger partial charge in [-0.25, -0.2) is 0 Å². The van der Waals surface area contributed by atoms with E-state index in [4.69, 9.17) is 5.73 Å². The number of nitrogens with zero attached hydrogens (tertiary/aromatic N) is 2. The molecule has 0 amide bonds. The number of rotatable bonds is 4. The lowest BCUT2D eigenvalue weighted by molar-refractivity contribution is 0.657. The molecule has 3 heteroatoms. The van der Waals surface area contributed by atoms with Gasteiger partial charge in [0.25, 0.3) is 0 Å². The summed E-state index contributed by atoms with van der Waals surface area (Å²) in [5.74, 6) is 0. The van der Waals surface area contributed by atoms with E-state index in [-0.39, 0.29) is 6.04 Å². The number of aryl methyl sites for hydroxylation is 2. The van der Waals surface area contributed by atoms with Crippen LogP contribution >= 0.6 is 0 Å². The number of aromatic nitrogens is 2. The maximum atomic E-state index is 6.14. The Balaban J connectivity index is 2.04. The molecule has 2 aromatic rings. The lowest BCUT2D eigenvalue weighted by Crippen LogP contribution is -2.14. The van der Waals surface area contributed by atoms with E-state index >= 15 is 0 Å². The average molecular weight is 229 g/mol. The molecule has 0 aliphatic heterocycles. The zero-order valence-corrected chi connectivity index (χ0v) is 10.4. The van der Waals surface area contributed by atoms with Gasteiger partial charge in [-0.3, -0.25) is 4.68 Å². The second-order valence-electron chi connectivity index (χ2n) is 4.39. The molecule has 2 rings (SSSR count). The van der Waals surface area contributed by atoms with Crippen LogP contribution in [0.1, 0.15) is 29.8 Å². The molecular formula is C14H19N3. The summed E-state index contributed by atoms with van der Waals surface area (Å²) >= 11 is 0. The highest BCUT2D eigenvalue weighted by Crippen LogP contribution is 2.14. The fourth-order valence-corrected chi connectivity index (χ4v) is 1.90. The van der Waals surface area contributed by atoms with Crippen molar-refractivity contribution in [3.63, 3.8) is 0 Å². The van der Waals surface area contributed by atoms with Crippen LogP contribution in [0.3, 0.4) is 0 Å². The highest BCUT2D eigenvalue weighted by Gasteiger charge is 2.09. The molecule has 1 heterocycles. The first-order valence-electron chi connectivity index (χ1n) is 6.02. The van der Waals surface area contributed by atoms with Gasteiger partial charge >= 0.3 is 0 Å². The van der Waals surface area contributed by atoms with E-state index in [1.54, 1.807) is 4.68 Å². The van der Waals surface area contributed by atoms with Gasteiger partial charge in [-0.2, -0.15) is 5.10 Å². The van der Waals surface area contributed by atoms with Crippen LogP contribution in [0.4, 0.5) is 0 Å². The van der Waals surface area contributed by atoms with E-state index in [1.807, 2.05) is 19.3 Å². The molecule has 0 aliphatic carbocycles. The van der Waals surface area contributed by atoms with Gasteiger partial charge in [0.15, 0.2) is 0 Å². The SMILES string of the molecule is CCc1ccc(CC(N)c2ccn(C)n2)cc1. The molecule has 0 radical (unpaired) electrons. The fraction of sp³-hybridized carbons (Fsp3) is 0.357. The number of benzene rings is 1. The smallest absolute Gasteiger partial charge is 0.0795 e. The second-order valence-corrected chi connectivity index (χ2v) is 4.39. The van der Waals surface area contributed by atoms with Crippen LogP contribution in [0, 0.1) is 0 Å². The van der Waals surface area contributed by atoms with Gasteiger partial charge in [-0.1, -0.05) is 31.2 Å². The summed E-state index contributed by atoms with van der Waals surface area (Å²) in [6.07, 6.45) is 3.84. The summed E-state index contributed by atoms with van der Waals surface area (Å²) in [5.41, 5.74) is 9.71. The molecule has 1 unspecified atom stereocenters. The Kier molecular flexibility index (Phi) is 3.59.